The summed E-state index contributed by atoms with van der Waals surface area (Å²) in [6, 6.07) is 2.76. The number of aryl methyl sites for hydroxylation is 1. The highest BCUT2D eigenvalue weighted by molar-refractivity contribution is 7.21. The van der Waals surface area contributed by atoms with Crippen molar-refractivity contribution in [2.24, 2.45) is 0 Å². The summed E-state index contributed by atoms with van der Waals surface area (Å²) in [5, 5.41) is 20.1. The molecule has 4 heterocycles. The molecule has 13 heteroatoms. The van der Waals surface area contributed by atoms with Gasteiger partial charge in [0.25, 0.3) is 5.56 Å². The van der Waals surface area contributed by atoms with Gasteiger partial charge in [0.1, 0.15) is 33.5 Å². The molecule has 1 N–H and O–H groups in total. The largest absolute Gasteiger partial charge is 0.496 e. The van der Waals surface area contributed by atoms with Crippen molar-refractivity contribution in [2.45, 2.75) is 32.0 Å². The van der Waals surface area contributed by atoms with Crippen LogP contribution in [-0.2, 0) is 11.3 Å². The molecular formula is C23H23FN6O5S. The monoisotopic (exact) mass is 514 g/mol. The molecule has 0 saturated carbocycles. The van der Waals surface area contributed by atoms with E-state index in [0.29, 0.717) is 28.4 Å². The van der Waals surface area contributed by atoms with Crippen molar-refractivity contribution < 1.29 is 19.0 Å². The normalized spacial score (nSPS) is 16.8. The Bertz CT molecular complexity index is 1590. The zero-order valence-electron chi connectivity index (χ0n) is 19.7. The average Bonchev–Trinajstić information content (AvgIpc) is 3.58. The molecule has 1 saturated heterocycles. The summed E-state index contributed by atoms with van der Waals surface area (Å²) in [6.45, 7) is 1.81. The fraction of sp³-hybridized carbons (Fsp3) is 0.348. The number of aliphatic hydroxyl groups is 1. The third-order valence-corrected chi connectivity index (χ3v) is 7.72. The topological polar surface area (TPSA) is 124 Å². The van der Waals surface area contributed by atoms with E-state index in [-0.39, 0.29) is 29.2 Å². The van der Waals surface area contributed by atoms with E-state index in [9.17, 15) is 23.9 Å². The number of rotatable bonds is 6. The Morgan fingerprint density at radius 1 is 1.25 bits per heavy atom. The standard InChI is InChI=1S/C23H23FN6O5S/c1-12-18-20(33)29(15-6-9-27(2)19(15)32)23(34)28(22(18)36-21(12)30-25-7-8-26-30)11-16(31)14-10-13(24)4-5-17(14)35-3/h4-5,7-8,10,15-16,31H,6,9,11H2,1-3H3. The summed E-state index contributed by atoms with van der Waals surface area (Å²) < 4.78 is 21.5. The Labute approximate surface area is 207 Å². The first kappa shape index (κ1) is 23.9. The number of aliphatic hydroxyl groups excluding tert-OH is 1. The molecule has 2 unspecified atom stereocenters. The second-order valence-corrected chi connectivity index (χ2v) is 9.54. The SMILES string of the molecule is COc1ccc(F)cc1C(O)Cn1c(=O)n(C2CCN(C)C2=O)c(=O)c2c(C)c(-n3nccn3)sc21. The minimum atomic E-state index is -1.35. The summed E-state index contributed by atoms with van der Waals surface area (Å²) in [4.78, 5) is 43.3. The zero-order valence-corrected chi connectivity index (χ0v) is 20.5. The van der Waals surface area contributed by atoms with Crippen LogP contribution in [0.25, 0.3) is 15.2 Å². The van der Waals surface area contributed by atoms with E-state index < -0.39 is 29.2 Å². The third kappa shape index (κ3) is 3.71. The van der Waals surface area contributed by atoms with Gasteiger partial charge in [0.05, 0.1) is 31.4 Å². The maximum absolute atomic E-state index is 14.0. The van der Waals surface area contributed by atoms with Crippen LogP contribution in [0.3, 0.4) is 0 Å². The molecule has 1 fully saturated rings. The summed E-state index contributed by atoms with van der Waals surface area (Å²) in [7, 11) is 3.00. The number of likely N-dealkylation sites (tertiary alicyclic amines) is 1. The molecule has 188 valence electrons. The van der Waals surface area contributed by atoms with Crippen LogP contribution in [-0.4, -0.2) is 60.7 Å². The fourth-order valence-corrected chi connectivity index (χ4v) is 5.80. The molecular weight excluding hydrogens is 491 g/mol. The van der Waals surface area contributed by atoms with Crippen LogP contribution in [0, 0.1) is 12.7 Å². The van der Waals surface area contributed by atoms with E-state index in [1.807, 2.05) is 0 Å². The minimum absolute atomic E-state index is 0.147. The molecule has 4 aromatic rings. The van der Waals surface area contributed by atoms with Crippen molar-refractivity contribution in [1.29, 1.82) is 0 Å². The highest BCUT2D eigenvalue weighted by Gasteiger charge is 2.35. The smallest absolute Gasteiger partial charge is 0.332 e. The summed E-state index contributed by atoms with van der Waals surface area (Å²) in [6.07, 6.45) is 1.93. The van der Waals surface area contributed by atoms with Crippen molar-refractivity contribution in [3.8, 4) is 10.8 Å². The predicted molar refractivity (Wildman–Crippen MR) is 129 cm³/mol. The molecule has 1 amide bonds. The third-order valence-electron chi connectivity index (χ3n) is 6.44. The maximum Gasteiger partial charge on any atom is 0.332 e. The molecule has 1 aliphatic rings. The number of methoxy groups -OCH3 is 1. The highest BCUT2D eigenvalue weighted by atomic mass is 32.1. The first-order valence-corrected chi connectivity index (χ1v) is 12.0. The van der Waals surface area contributed by atoms with Gasteiger partial charge in [-0.05, 0) is 31.5 Å². The number of carbonyl (C=O) groups is 1. The Kier molecular flexibility index (Phi) is 5.96. The van der Waals surface area contributed by atoms with Crippen LogP contribution < -0.4 is 16.0 Å². The number of carbonyl (C=O) groups excluding carboxylic acids is 1. The minimum Gasteiger partial charge on any atom is -0.496 e. The van der Waals surface area contributed by atoms with Gasteiger partial charge in [-0.3, -0.25) is 14.2 Å². The van der Waals surface area contributed by atoms with Crippen LogP contribution in [0.5, 0.6) is 5.75 Å². The van der Waals surface area contributed by atoms with E-state index in [1.54, 1.807) is 14.0 Å². The van der Waals surface area contributed by atoms with Gasteiger partial charge >= 0.3 is 5.69 Å². The number of ether oxygens (including phenoxy) is 1. The number of amides is 1. The molecule has 36 heavy (non-hydrogen) atoms. The number of benzene rings is 1. The molecule has 3 aromatic heterocycles. The van der Waals surface area contributed by atoms with Crippen molar-refractivity contribution in [3.05, 3.63) is 68.4 Å². The van der Waals surface area contributed by atoms with Gasteiger partial charge in [0.2, 0.25) is 5.91 Å². The highest BCUT2D eigenvalue weighted by Crippen LogP contribution is 2.33. The molecule has 1 aromatic carbocycles. The van der Waals surface area contributed by atoms with Gasteiger partial charge in [0, 0.05) is 24.7 Å². The van der Waals surface area contributed by atoms with E-state index in [0.717, 1.165) is 22.0 Å². The van der Waals surface area contributed by atoms with Gasteiger partial charge in [-0.15, -0.1) is 4.80 Å². The quantitative estimate of drug-likeness (QED) is 0.412. The molecule has 1 aliphatic heterocycles. The second-order valence-electron chi connectivity index (χ2n) is 8.57. The van der Waals surface area contributed by atoms with Crippen molar-refractivity contribution in [2.75, 3.05) is 20.7 Å². The van der Waals surface area contributed by atoms with Crippen molar-refractivity contribution in [1.82, 2.24) is 29.0 Å². The molecule has 0 spiro atoms. The number of hydrogen-bond donors (Lipinski definition) is 1. The van der Waals surface area contributed by atoms with Crippen molar-refractivity contribution >= 4 is 27.5 Å². The van der Waals surface area contributed by atoms with Crippen LogP contribution in [0.1, 0.15) is 29.7 Å². The molecule has 0 bridgehead atoms. The lowest BCUT2D eigenvalue weighted by molar-refractivity contribution is -0.129. The fourth-order valence-electron chi connectivity index (χ4n) is 4.58. The van der Waals surface area contributed by atoms with Crippen LogP contribution in [0.4, 0.5) is 4.39 Å². The lowest BCUT2D eigenvalue weighted by atomic mass is 10.1. The molecule has 5 rings (SSSR count). The number of thiophene rings is 1. The number of fused-ring (bicyclic) bond motifs is 1. The number of aromatic nitrogens is 5. The lowest BCUT2D eigenvalue weighted by Crippen LogP contribution is -2.44. The van der Waals surface area contributed by atoms with Crippen LogP contribution in [0.15, 0.2) is 40.2 Å². The number of nitrogens with zero attached hydrogens (tertiary/aromatic N) is 6. The Balaban J connectivity index is 1.75. The van der Waals surface area contributed by atoms with E-state index in [2.05, 4.69) is 10.2 Å². The predicted octanol–water partition coefficient (Wildman–Crippen LogP) is 1.40. The number of halogens is 1. The van der Waals surface area contributed by atoms with E-state index in [1.165, 1.54) is 45.9 Å². The lowest BCUT2D eigenvalue weighted by Gasteiger charge is -2.19. The Hall–Kier alpha value is -3.84. The first-order valence-electron chi connectivity index (χ1n) is 11.1. The second kappa shape index (κ2) is 8.99. The maximum atomic E-state index is 14.0. The van der Waals surface area contributed by atoms with E-state index in [4.69, 9.17) is 4.74 Å². The van der Waals surface area contributed by atoms with Crippen LogP contribution >= 0.6 is 11.3 Å². The summed E-state index contributed by atoms with van der Waals surface area (Å²) in [5.74, 6) is -0.668. The number of likely N-dealkylation sites (N-methyl/N-ethyl adjacent to an activating group) is 1. The Morgan fingerprint density at radius 3 is 2.61 bits per heavy atom. The number of hydrogen-bond acceptors (Lipinski definition) is 8. The van der Waals surface area contributed by atoms with Crippen LogP contribution in [0.2, 0.25) is 0 Å². The van der Waals surface area contributed by atoms with Gasteiger partial charge in [-0.25, -0.2) is 13.8 Å². The zero-order chi connectivity index (χ0) is 25.7. The molecule has 11 nitrogen and oxygen atoms in total. The van der Waals surface area contributed by atoms with E-state index >= 15 is 0 Å². The molecule has 2 atom stereocenters. The van der Waals surface area contributed by atoms with Gasteiger partial charge in [-0.1, -0.05) is 11.3 Å². The molecule has 0 radical (unpaired) electrons. The van der Waals surface area contributed by atoms with Gasteiger partial charge in [0.15, 0.2) is 0 Å². The Morgan fingerprint density at radius 2 is 1.97 bits per heavy atom. The van der Waals surface area contributed by atoms with Gasteiger partial charge in [-0.2, -0.15) is 10.2 Å². The average molecular weight is 515 g/mol. The summed E-state index contributed by atoms with van der Waals surface area (Å²) in [5.41, 5.74) is -0.647. The first-order chi connectivity index (χ1) is 17.2. The van der Waals surface area contributed by atoms with Gasteiger partial charge < -0.3 is 14.7 Å². The molecule has 0 aliphatic carbocycles. The summed E-state index contributed by atoms with van der Waals surface area (Å²) >= 11 is 1.12. The van der Waals surface area contributed by atoms with Crippen molar-refractivity contribution in [3.63, 3.8) is 0 Å².